The van der Waals surface area contributed by atoms with Gasteiger partial charge in [-0.3, -0.25) is 4.55 Å². The van der Waals surface area contributed by atoms with E-state index in [1.165, 1.54) is 6.07 Å². The highest BCUT2D eigenvalue weighted by molar-refractivity contribution is 7.86. The number of fused-ring (bicyclic) bond motifs is 1. The molecule has 0 radical (unpaired) electrons. The Bertz CT molecular complexity index is 664. The van der Waals surface area contributed by atoms with Crippen molar-refractivity contribution < 1.29 is 18.1 Å². The maximum Gasteiger partial charge on any atom is 0.300 e. The number of rotatable bonds is 1. The van der Waals surface area contributed by atoms with Gasteiger partial charge in [-0.05, 0) is 11.5 Å². The lowest BCUT2D eigenvalue weighted by molar-refractivity contribution is 0.449. The van der Waals surface area contributed by atoms with E-state index in [0.717, 1.165) is 0 Å². The Hall–Kier alpha value is -1.79. The zero-order valence-corrected chi connectivity index (χ0v) is 8.90. The molecule has 4 N–H and O–H groups in total. The second kappa shape index (κ2) is 3.36. The monoisotopic (exact) mass is 239 g/mol. The fraction of sp³-hybridized carbons (Fsp3) is 0. The van der Waals surface area contributed by atoms with E-state index in [1.54, 1.807) is 24.3 Å². The van der Waals surface area contributed by atoms with Gasteiger partial charge in [0.2, 0.25) is 0 Å². The second-order valence-corrected chi connectivity index (χ2v) is 4.70. The fourth-order valence-electron chi connectivity index (χ4n) is 1.60. The molecule has 2 aromatic rings. The molecule has 2 rings (SSSR count). The van der Waals surface area contributed by atoms with Gasteiger partial charge in [-0.25, -0.2) is 0 Å². The molecule has 0 aromatic heterocycles. The Morgan fingerprint density at radius 2 is 1.81 bits per heavy atom. The van der Waals surface area contributed by atoms with Crippen LogP contribution in [0.3, 0.4) is 0 Å². The number of hydrogen-bond donors (Lipinski definition) is 3. The maximum atomic E-state index is 11.0. The van der Waals surface area contributed by atoms with Crippen molar-refractivity contribution in [1.82, 2.24) is 0 Å². The average Bonchev–Trinajstić information content (AvgIpc) is 2.15. The normalized spacial score (nSPS) is 11.8. The minimum absolute atomic E-state index is 0.182. The molecule has 0 heterocycles. The van der Waals surface area contributed by atoms with Crippen LogP contribution in [0.5, 0.6) is 5.75 Å². The Morgan fingerprint density at radius 1 is 1.19 bits per heavy atom. The molecule has 0 saturated heterocycles. The molecule has 84 valence electrons. The molecule has 0 fully saturated rings. The summed E-state index contributed by atoms with van der Waals surface area (Å²) in [5.74, 6) is -0.530. The van der Waals surface area contributed by atoms with Crippen LogP contribution in [0, 0.1) is 0 Å². The first-order chi connectivity index (χ1) is 7.41. The van der Waals surface area contributed by atoms with Crippen molar-refractivity contribution in [1.29, 1.82) is 0 Å². The van der Waals surface area contributed by atoms with Crippen molar-refractivity contribution in [2.75, 3.05) is 5.73 Å². The van der Waals surface area contributed by atoms with Crippen molar-refractivity contribution in [2.45, 2.75) is 4.90 Å². The van der Waals surface area contributed by atoms with Crippen LogP contribution < -0.4 is 5.73 Å². The number of benzene rings is 2. The van der Waals surface area contributed by atoms with Crippen LogP contribution in [0.1, 0.15) is 0 Å². The van der Waals surface area contributed by atoms with Crippen LogP contribution in [0.2, 0.25) is 0 Å². The van der Waals surface area contributed by atoms with Gasteiger partial charge < -0.3 is 10.8 Å². The summed E-state index contributed by atoms with van der Waals surface area (Å²) in [7, 11) is -4.53. The molecule has 2 aromatic carbocycles. The van der Waals surface area contributed by atoms with Crippen molar-refractivity contribution in [3.8, 4) is 5.75 Å². The van der Waals surface area contributed by atoms with E-state index in [9.17, 15) is 13.5 Å². The highest BCUT2D eigenvalue weighted by Gasteiger charge is 2.21. The van der Waals surface area contributed by atoms with Crippen molar-refractivity contribution in [3.05, 3.63) is 30.3 Å². The zero-order valence-electron chi connectivity index (χ0n) is 8.08. The number of phenolic OH excluding ortho intramolecular Hbond substituents is 1. The molecule has 0 unspecified atom stereocenters. The van der Waals surface area contributed by atoms with Gasteiger partial charge in [0.05, 0.1) is 5.69 Å². The third-order valence-electron chi connectivity index (χ3n) is 2.26. The molecule has 16 heavy (non-hydrogen) atoms. The van der Waals surface area contributed by atoms with Crippen molar-refractivity contribution in [3.63, 3.8) is 0 Å². The fourth-order valence-corrected chi connectivity index (χ4v) is 2.31. The van der Waals surface area contributed by atoms with E-state index in [1.807, 2.05) is 0 Å². The van der Waals surface area contributed by atoms with Gasteiger partial charge in [-0.15, -0.1) is 0 Å². The first-order valence-corrected chi connectivity index (χ1v) is 5.83. The Kier molecular flexibility index (Phi) is 2.25. The van der Waals surface area contributed by atoms with E-state index < -0.39 is 20.8 Å². The molecular formula is C10H9NO4S. The Labute approximate surface area is 91.9 Å². The molecule has 0 amide bonds. The van der Waals surface area contributed by atoms with Crippen molar-refractivity contribution >= 4 is 26.6 Å². The largest absolute Gasteiger partial charge is 0.506 e. The minimum Gasteiger partial charge on any atom is -0.506 e. The van der Waals surface area contributed by atoms with E-state index in [2.05, 4.69) is 0 Å². The summed E-state index contributed by atoms with van der Waals surface area (Å²) in [6, 6.07) is 7.98. The first kappa shape index (κ1) is 10.7. The maximum absolute atomic E-state index is 11.0. The Morgan fingerprint density at radius 3 is 2.44 bits per heavy atom. The highest BCUT2D eigenvalue weighted by Crippen LogP contribution is 2.36. The molecule has 6 heteroatoms. The number of hydrogen-bond acceptors (Lipinski definition) is 4. The lowest BCUT2D eigenvalue weighted by Crippen LogP contribution is -2.03. The number of anilines is 1. The number of phenols is 1. The zero-order chi connectivity index (χ0) is 11.9. The van der Waals surface area contributed by atoms with Gasteiger partial charge in [0, 0.05) is 5.39 Å². The second-order valence-electron chi connectivity index (χ2n) is 3.34. The molecule has 0 aliphatic carbocycles. The standard InChI is InChI=1S/C10H9NO4S/c11-8-5-6-3-1-2-4-7(6)9(12)10(8)16(13,14)15/h1-5,12H,11H2,(H,13,14,15). The van der Waals surface area contributed by atoms with E-state index in [4.69, 9.17) is 10.3 Å². The quantitative estimate of drug-likeness (QED) is 0.515. The molecule has 0 aliphatic rings. The van der Waals surface area contributed by atoms with Gasteiger partial charge in [0.1, 0.15) is 5.75 Å². The van der Waals surface area contributed by atoms with Crippen LogP contribution in [0.25, 0.3) is 10.8 Å². The first-order valence-electron chi connectivity index (χ1n) is 4.39. The molecule has 0 bridgehead atoms. The summed E-state index contributed by atoms with van der Waals surface area (Å²) in [4.78, 5) is -0.647. The average molecular weight is 239 g/mol. The molecule has 0 saturated carbocycles. The summed E-state index contributed by atoms with van der Waals surface area (Å²) in [6.45, 7) is 0. The van der Waals surface area contributed by atoms with E-state index >= 15 is 0 Å². The predicted octanol–water partition coefficient (Wildman–Crippen LogP) is 1.37. The van der Waals surface area contributed by atoms with Crippen LogP contribution in [-0.4, -0.2) is 18.1 Å². The predicted molar refractivity (Wildman–Crippen MR) is 59.8 cm³/mol. The molecule has 0 aliphatic heterocycles. The van der Waals surface area contributed by atoms with E-state index in [0.29, 0.717) is 10.8 Å². The summed E-state index contributed by atoms with van der Waals surface area (Å²) in [5, 5.41) is 10.7. The van der Waals surface area contributed by atoms with Gasteiger partial charge >= 0.3 is 0 Å². The summed E-state index contributed by atoms with van der Waals surface area (Å²) >= 11 is 0. The minimum atomic E-state index is -4.53. The SMILES string of the molecule is Nc1cc2ccccc2c(O)c1S(=O)(=O)O. The summed E-state index contributed by atoms with van der Waals surface area (Å²) < 4.78 is 31.0. The molecule has 5 nitrogen and oxygen atoms in total. The smallest absolute Gasteiger partial charge is 0.300 e. The molecule has 0 atom stereocenters. The topological polar surface area (TPSA) is 101 Å². The third kappa shape index (κ3) is 1.58. The summed E-state index contributed by atoms with van der Waals surface area (Å²) in [6.07, 6.45) is 0. The lowest BCUT2D eigenvalue weighted by atomic mass is 10.1. The van der Waals surface area contributed by atoms with Gasteiger partial charge in [0.15, 0.2) is 4.90 Å². The third-order valence-corrected chi connectivity index (χ3v) is 3.21. The van der Waals surface area contributed by atoms with E-state index in [-0.39, 0.29) is 5.69 Å². The van der Waals surface area contributed by atoms with Gasteiger partial charge in [-0.2, -0.15) is 8.42 Å². The van der Waals surface area contributed by atoms with Crippen LogP contribution in [-0.2, 0) is 10.1 Å². The number of nitrogens with two attached hydrogens (primary N) is 1. The Balaban J connectivity index is 2.98. The summed E-state index contributed by atoms with van der Waals surface area (Å²) in [5.41, 5.74) is 5.29. The van der Waals surface area contributed by atoms with Crippen LogP contribution >= 0.6 is 0 Å². The number of nitrogen functional groups attached to an aromatic ring is 1. The lowest BCUT2D eigenvalue weighted by Gasteiger charge is -2.08. The molecular weight excluding hydrogens is 230 g/mol. The van der Waals surface area contributed by atoms with Gasteiger partial charge in [-0.1, -0.05) is 24.3 Å². The van der Waals surface area contributed by atoms with Crippen LogP contribution in [0.15, 0.2) is 35.2 Å². The van der Waals surface area contributed by atoms with Crippen LogP contribution in [0.4, 0.5) is 5.69 Å². The highest BCUT2D eigenvalue weighted by atomic mass is 32.2. The molecule has 0 spiro atoms. The van der Waals surface area contributed by atoms with Crippen molar-refractivity contribution in [2.24, 2.45) is 0 Å². The van der Waals surface area contributed by atoms with Gasteiger partial charge in [0.25, 0.3) is 10.1 Å². The number of aromatic hydroxyl groups is 1.